The molecule has 1 amide bonds. The number of hydrogen-bond donors (Lipinski definition) is 2. The molecule has 0 saturated carbocycles. The highest BCUT2D eigenvalue weighted by Crippen LogP contribution is 2.22. The van der Waals surface area contributed by atoms with Crippen LogP contribution in [0.15, 0.2) is 18.2 Å². The zero-order valence-electron chi connectivity index (χ0n) is 10.3. The van der Waals surface area contributed by atoms with E-state index >= 15 is 0 Å². The minimum absolute atomic E-state index is 0.00317. The number of carbonyl (C=O) groups excluding carboxylic acids is 1. The average molecular weight is 310 g/mol. The number of aliphatic carboxylic acids is 1. The lowest BCUT2D eigenvalue weighted by Crippen LogP contribution is -2.43. The predicted octanol–water partition coefficient (Wildman–Crippen LogP) is 2.78. The van der Waals surface area contributed by atoms with Crippen molar-refractivity contribution >= 4 is 23.5 Å². The van der Waals surface area contributed by atoms with Crippen molar-refractivity contribution in [2.75, 3.05) is 0 Å². The van der Waals surface area contributed by atoms with E-state index in [2.05, 4.69) is 0 Å². The summed E-state index contributed by atoms with van der Waals surface area (Å²) in [4.78, 5) is 22.5. The lowest BCUT2D eigenvalue weighted by molar-refractivity contribution is -0.157. The van der Waals surface area contributed by atoms with Crippen LogP contribution in [-0.2, 0) is 4.79 Å². The molecular formula is C12H11ClF3NO3. The van der Waals surface area contributed by atoms with Crippen molar-refractivity contribution < 1.29 is 27.9 Å². The first-order valence-electron chi connectivity index (χ1n) is 5.46. The maximum absolute atomic E-state index is 12.2. The number of carboxylic acid groups (broad SMARTS) is 1. The summed E-state index contributed by atoms with van der Waals surface area (Å²) in [7, 11) is 0. The second-order valence-electron chi connectivity index (χ2n) is 4.20. The maximum atomic E-state index is 12.2. The topological polar surface area (TPSA) is 66.4 Å². The molecule has 8 heteroatoms. The van der Waals surface area contributed by atoms with Crippen molar-refractivity contribution in [1.29, 1.82) is 0 Å². The van der Waals surface area contributed by atoms with Gasteiger partial charge in [0.25, 0.3) is 5.91 Å². The fourth-order valence-corrected chi connectivity index (χ4v) is 1.83. The third-order valence-corrected chi connectivity index (χ3v) is 2.56. The standard InChI is InChI=1S/C12H11ClF3NO3/c1-6-2-7(4-8(13)3-6)10(18)17-9(11(19)20)5-12(14,15)16/h2-4,9H,5H2,1H3,(H,17,18)(H,19,20). The number of alkyl halides is 3. The van der Waals surface area contributed by atoms with E-state index in [0.29, 0.717) is 5.56 Å². The van der Waals surface area contributed by atoms with Crippen molar-refractivity contribution in [2.24, 2.45) is 0 Å². The van der Waals surface area contributed by atoms with Gasteiger partial charge in [-0.1, -0.05) is 11.6 Å². The van der Waals surface area contributed by atoms with Gasteiger partial charge in [-0.05, 0) is 30.7 Å². The Hall–Kier alpha value is -1.76. The molecule has 1 unspecified atom stereocenters. The molecule has 0 aliphatic rings. The van der Waals surface area contributed by atoms with E-state index in [1.54, 1.807) is 13.0 Å². The molecular weight excluding hydrogens is 299 g/mol. The summed E-state index contributed by atoms with van der Waals surface area (Å²) < 4.78 is 36.6. The zero-order valence-corrected chi connectivity index (χ0v) is 11.0. The van der Waals surface area contributed by atoms with Gasteiger partial charge in [0.15, 0.2) is 0 Å². The van der Waals surface area contributed by atoms with Crippen LogP contribution in [0.25, 0.3) is 0 Å². The lowest BCUT2D eigenvalue weighted by Gasteiger charge is -2.16. The molecule has 4 nitrogen and oxygen atoms in total. The summed E-state index contributed by atoms with van der Waals surface area (Å²) in [5.41, 5.74) is 0.633. The Labute approximate surface area is 117 Å². The number of carbonyl (C=O) groups is 2. The van der Waals surface area contributed by atoms with Gasteiger partial charge >= 0.3 is 12.1 Å². The van der Waals surface area contributed by atoms with E-state index in [-0.39, 0.29) is 10.6 Å². The third-order valence-electron chi connectivity index (χ3n) is 2.34. The van der Waals surface area contributed by atoms with Crippen molar-refractivity contribution in [1.82, 2.24) is 5.32 Å². The van der Waals surface area contributed by atoms with Crippen LogP contribution < -0.4 is 5.32 Å². The summed E-state index contributed by atoms with van der Waals surface area (Å²) in [6.45, 7) is 1.65. The van der Waals surface area contributed by atoms with Gasteiger partial charge < -0.3 is 10.4 Å². The summed E-state index contributed by atoms with van der Waals surface area (Å²) in [6, 6.07) is 2.16. The van der Waals surface area contributed by atoms with Gasteiger partial charge in [-0.2, -0.15) is 13.2 Å². The van der Waals surface area contributed by atoms with Gasteiger partial charge in [-0.25, -0.2) is 4.79 Å². The summed E-state index contributed by atoms with van der Waals surface area (Å²) >= 11 is 5.72. The van der Waals surface area contributed by atoms with E-state index in [1.165, 1.54) is 12.1 Å². The minimum atomic E-state index is -4.69. The molecule has 1 rings (SSSR count). The van der Waals surface area contributed by atoms with Crippen LogP contribution in [0, 0.1) is 6.92 Å². The smallest absolute Gasteiger partial charge is 0.391 e. The Bertz CT molecular complexity index is 511. The Morgan fingerprint density at radius 3 is 2.40 bits per heavy atom. The number of rotatable bonds is 4. The highest BCUT2D eigenvalue weighted by atomic mass is 35.5. The SMILES string of the molecule is Cc1cc(Cl)cc(C(=O)NC(CC(F)(F)F)C(=O)O)c1. The molecule has 0 saturated heterocycles. The summed E-state index contributed by atoms with van der Waals surface area (Å²) in [5.74, 6) is -2.68. The highest BCUT2D eigenvalue weighted by Gasteiger charge is 2.36. The van der Waals surface area contributed by atoms with Gasteiger partial charge in [0, 0.05) is 10.6 Å². The van der Waals surface area contributed by atoms with E-state index < -0.39 is 30.5 Å². The number of halogens is 4. The summed E-state index contributed by atoms with van der Waals surface area (Å²) in [6.07, 6.45) is -6.34. The molecule has 0 bridgehead atoms. The van der Waals surface area contributed by atoms with Crippen LogP contribution in [0.4, 0.5) is 13.2 Å². The van der Waals surface area contributed by atoms with Crippen LogP contribution in [0.3, 0.4) is 0 Å². The fraction of sp³-hybridized carbons (Fsp3) is 0.333. The molecule has 2 N–H and O–H groups in total. The quantitative estimate of drug-likeness (QED) is 0.898. The van der Waals surface area contributed by atoms with Crippen LogP contribution >= 0.6 is 11.6 Å². The molecule has 0 fully saturated rings. The minimum Gasteiger partial charge on any atom is -0.480 e. The van der Waals surface area contributed by atoms with Gasteiger partial charge in [-0.3, -0.25) is 4.79 Å². The largest absolute Gasteiger partial charge is 0.480 e. The van der Waals surface area contributed by atoms with Crippen LogP contribution in [0.5, 0.6) is 0 Å². The molecule has 110 valence electrons. The predicted molar refractivity (Wildman–Crippen MR) is 65.8 cm³/mol. The average Bonchev–Trinajstić information content (AvgIpc) is 2.24. The van der Waals surface area contributed by atoms with Crippen LogP contribution in [0.2, 0.25) is 5.02 Å². The van der Waals surface area contributed by atoms with Gasteiger partial charge in [0.05, 0.1) is 6.42 Å². The van der Waals surface area contributed by atoms with E-state index in [0.717, 1.165) is 0 Å². The first-order valence-corrected chi connectivity index (χ1v) is 5.84. The lowest BCUT2D eigenvalue weighted by atomic mass is 10.1. The molecule has 0 aliphatic carbocycles. The van der Waals surface area contributed by atoms with Crippen molar-refractivity contribution in [3.05, 3.63) is 34.3 Å². The normalized spacial score (nSPS) is 12.8. The van der Waals surface area contributed by atoms with Gasteiger partial charge in [-0.15, -0.1) is 0 Å². The summed E-state index contributed by atoms with van der Waals surface area (Å²) in [5, 5.41) is 10.8. The second-order valence-corrected chi connectivity index (χ2v) is 4.64. The van der Waals surface area contributed by atoms with Crippen molar-refractivity contribution in [3.63, 3.8) is 0 Å². The van der Waals surface area contributed by atoms with Gasteiger partial charge in [0.1, 0.15) is 6.04 Å². The molecule has 0 aromatic heterocycles. The number of amides is 1. The molecule has 1 aromatic carbocycles. The molecule has 0 radical (unpaired) electrons. The van der Waals surface area contributed by atoms with Crippen LogP contribution in [-0.4, -0.2) is 29.2 Å². The van der Waals surface area contributed by atoms with Crippen LogP contribution in [0.1, 0.15) is 22.3 Å². The maximum Gasteiger partial charge on any atom is 0.391 e. The number of hydrogen-bond acceptors (Lipinski definition) is 2. The van der Waals surface area contributed by atoms with E-state index in [9.17, 15) is 22.8 Å². The molecule has 1 aromatic rings. The molecule has 20 heavy (non-hydrogen) atoms. The zero-order chi connectivity index (χ0) is 15.5. The monoisotopic (exact) mass is 309 g/mol. The third kappa shape index (κ3) is 5.08. The van der Waals surface area contributed by atoms with Crippen molar-refractivity contribution in [2.45, 2.75) is 25.6 Å². The van der Waals surface area contributed by atoms with E-state index in [4.69, 9.17) is 16.7 Å². The number of nitrogens with one attached hydrogen (secondary N) is 1. The molecule has 0 aliphatic heterocycles. The number of benzene rings is 1. The first-order chi connectivity index (χ1) is 9.08. The fourth-order valence-electron chi connectivity index (χ4n) is 1.54. The molecule has 1 atom stereocenters. The van der Waals surface area contributed by atoms with Crippen molar-refractivity contribution in [3.8, 4) is 0 Å². The Morgan fingerprint density at radius 1 is 1.35 bits per heavy atom. The Kier molecular flexibility index (Phi) is 4.99. The Balaban J connectivity index is 2.88. The van der Waals surface area contributed by atoms with E-state index in [1.807, 2.05) is 5.32 Å². The first kappa shape index (κ1) is 16.3. The molecule has 0 heterocycles. The molecule has 0 spiro atoms. The Morgan fingerprint density at radius 2 is 1.95 bits per heavy atom. The number of aryl methyl sites for hydroxylation is 1. The number of carboxylic acids is 1. The van der Waals surface area contributed by atoms with Gasteiger partial charge in [0.2, 0.25) is 0 Å². The highest BCUT2D eigenvalue weighted by molar-refractivity contribution is 6.31. The second kappa shape index (κ2) is 6.13.